The molecule has 1 aliphatic carbocycles. The van der Waals surface area contributed by atoms with Crippen molar-refractivity contribution in [1.29, 1.82) is 0 Å². The Morgan fingerprint density at radius 1 is 1.33 bits per heavy atom. The quantitative estimate of drug-likeness (QED) is 0.774. The maximum Gasteiger partial charge on any atom is 0.0158 e. The van der Waals surface area contributed by atoms with E-state index in [4.69, 9.17) is 0 Å². The van der Waals surface area contributed by atoms with E-state index in [1.807, 2.05) is 11.8 Å². The molecule has 0 aromatic rings. The maximum atomic E-state index is 3.86. The molecule has 1 aliphatic rings. The Hall–Kier alpha value is 0.310. The van der Waals surface area contributed by atoms with Crippen molar-refractivity contribution in [1.82, 2.24) is 5.32 Å². The van der Waals surface area contributed by atoms with Crippen LogP contribution in [0.3, 0.4) is 0 Å². The van der Waals surface area contributed by atoms with E-state index in [2.05, 4.69) is 32.3 Å². The molecule has 0 radical (unpaired) electrons. The second-order valence-corrected chi connectivity index (χ2v) is 6.14. The molecule has 4 unspecified atom stereocenters. The van der Waals surface area contributed by atoms with Crippen LogP contribution < -0.4 is 5.32 Å². The van der Waals surface area contributed by atoms with Gasteiger partial charge in [-0.1, -0.05) is 20.8 Å². The standard InChI is InChI=1S/C13H27NS/c1-5-12(9-15-4)14-13-7-6-10(2)8-11(13)3/h10-14H,5-9H2,1-4H3. The molecule has 0 amide bonds. The number of hydrogen-bond acceptors (Lipinski definition) is 2. The second kappa shape index (κ2) is 6.80. The summed E-state index contributed by atoms with van der Waals surface area (Å²) in [6.07, 6.45) is 7.68. The molecule has 0 saturated heterocycles. The van der Waals surface area contributed by atoms with Crippen molar-refractivity contribution in [3.63, 3.8) is 0 Å². The van der Waals surface area contributed by atoms with Crippen LogP contribution in [0.2, 0.25) is 0 Å². The first kappa shape index (κ1) is 13.4. The van der Waals surface area contributed by atoms with Crippen LogP contribution in [-0.2, 0) is 0 Å². The highest BCUT2D eigenvalue weighted by Gasteiger charge is 2.26. The molecule has 1 nitrogen and oxygen atoms in total. The summed E-state index contributed by atoms with van der Waals surface area (Å²) in [4.78, 5) is 0. The highest BCUT2D eigenvalue weighted by molar-refractivity contribution is 7.98. The molecule has 2 heteroatoms. The normalized spacial score (nSPS) is 34.0. The summed E-state index contributed by atoms with van der Waals surface area (Å²) < 4.78 is 0. The second-order valence-electron chi connectivity index (χ2n) is 5.23. The fourth-order valence-corrected chi connectivity index (χ4v) is 3.44. The molecule has 90 valence electrons. The first-order valence-corrected chi connectivity index (χ1v) is 7.81. The molecule has 0 aliphatic heterocycles. The van der Waals surface area contributed by atoms with E-state index < -0.39 is 0 Å². The zero-order chi connectivity index (χ0) is 11.3. The topological polar surface area (TPSA) is 12.0 Å². The minimum atomic E-state index is 0.723. The van der Waals surface area contributed by atoms with Crippen molar-refractivity contribution < 1.29 is 0 Å². The summed E-state index contributed by atoms with van der Waals surface area (Å²) >= 11 is 1.96. The highest BCUT2D eigenvalue weighted by atomic mass is 32.2. The summed E-state index contributed by atoms with van der Waals surface area (Å²) in [7, 11) is 0. The smallest absolute Gasteiger partial charge is 0.0158 e. The highest BCUT2D eigenvalue weighted by Crippen LogP contribution is 2.29. The van der Waals surface area contributed by atoms with E-state index in [1.54, 1.807) is 0 Å². The Kier molecular flexibility index (Phi) is 6.06. The van der Waals surface area contributed by atoms with Gasteiger partial charge in [0.05, 0.1) is 0 Å². The van der Waals surface area contributed by atoms with E-state index in [0.717, 1.165) is 23.9 Å². The number of rotatable bonds is 5. The first-order valence-electron chi connectivity index (χ1n) is 6.42. The minimum Gasteiger partial charge on any atom is -0.310 e. The monoisotopic (exact) mass is 229 g/mol. The lowest BCUT2D eigenvalue weighted by molar-refractivity contribution is 0.215. The van der Waals surface area contributed by atoms with Gasteiger partial charge in [-0.3, -0.25) is 0 Å². The van der Waals surface area contributed by atoms with Crippen molar-refractivity contribution >= 4 is 11.8 Å². The molecule has 0 bridgehead atoms. The van der Waals surface area contributed by atoms with Gasteiger partial charge in [0.15, 0.2) is 0 Å². The molecule has 0 spiro atoms. The molecule has 15 heavy (non-hydrogen) atoms. The summed E-state index contributed by atoms with van der Waals surface area (Å²) in [5.74, 6) is 3.07. The van der Waals surface area contributed by atoms with Crippen LogP contribution in [0.5, 0.6) is 0 Å². The molecule has 4 atom stereocenters. The van der Waals surface area contributed by atoms with Crippen LogP contribution >= 0.6 is 11.8 Å². The molecular formula is C13H27NS. The number of thioether (sulfide) groups is 1. The average Bonchev–Trinajstić information content (AvgIpc) is 2.21. The summed E-state index contributed by atoms with van der Waals surface area (Å²) in [6, 6.07) is 1.50. The van der Waals surface area contributed by atoms with Crippen LogP contribution in [-0.4, -0.2) is 24.1 Å². The van der Waals surface area contributed by atoms with Gasteiger partial charge < -0.3 is 5.32 Å². The Morgan fingerprint density at radius 2 is 2.07 bits per heavy atom. The third-order valence-electron chi connectivity index (χ3n) is 3.74. The molecule has 1 fully saturated rings. The number of nitrogens with one attached hydrogen (secondary N) is 1. The molecule has 0 aromatic carbocycles. The van der Waals surface area contributed by atoms with E-state index in [-0.39, 0.29) is 0 Å². The van der Waals surface area contributed by atoms with Gasteiger partial charge in [-0.05, 0) is 43.8 Å². The van der Waals surface area contributed by atoms with E-state index in [9.17, 15) is 0 Å². The van der Waals surface area contributed by atoms with Gasteiger partial charge >= 0.3 is 0 Å². The Balaban J connectivity index is 2.35. The van der Waals surface area contributed by atoms with E-state index in [1.165, 1.54) is 31.4 Å². The Bertz CT molecular complexity index is 172. The molecule has 1 saturated carbocycles. The van der Waals surface area contributed by atoms with Crippen molar-refractivity contribution in [3.05, 3.63) is 0 Å². The van der Waals surface area contributed by atoms with Crippen LogP contribution in [0.25, 0.3) is 0 Å². The van der Waals surface area contributed by atoms with Gasteiger partial charge in [-0.25, -0.2) is 0 Å². The maximum absolute atomic E-state index is 3.86. The Labute approximate surface area is 99.8 Å². The Morgan fingerprint density at radius 3 is 2.60 bits per heavy atom. The summed E-state index contributed by atoms with van der Waals surface area (Å²) in [5, 5.41) is 3.86. The zero-order valence-electron chi connectivity index (χ0n) is 10.8. The minimum absolute atomic E-state index is 0.723. The van der Waals surface area contributed by atoms with Crippen LogP contribution in [0.15, 0.2) is 0 Å². The van der Waals surface area contributed by atoms with Gasteiger partial charge in [0.2, 0.25) is 0 Å². The summed E-state index contributed by atoms with van der Waals surface area (Å²) in [6.45, 7) is 7.11. The van der Waals surface area contributed by atoms with Crippen LogP contribution in [0.4, 0.5) is 0 Å². The molecule has 1 rings (SSSR count). The predicted octanol–water partition coefficient (Wildman–Crippen LogP) is 3.54. The molecule has 0 heterocycles. The van der Waals surface area contributed by atoms with Gasteiger partial charge in [0.1, 0.15) is 0 Å². The van der Waals surface area contributed by atoms with E-state index >= 15 is 0 Å². The van der Waals surface area contributed by atoms with Crippen LogP contribution in [0, 0.1) is 11.8 Å². The van der Waals surface area contributed by atoms with E-state index in [0.29, 0.717) is 0 Å². The van der Waals surface area contributed by atoms with Gasteiger partial charge in [0, 0.05) is 17.8 Å². The molecular weight excluding hydrogens is 202 g/mol. The lowest BCUT2D eigenvalue weighted by Gasteiger charge is -2.35. The van der Waals surface area contributed by atoms with Gasteiger partial charge in [0.25, 0.3) is 0 Å². The lowest BCUT2D eigenvalue weighted by Crippen LogP contribution is -2.45. The van der Waals surface area contributed by atoms with Gasteiger partial charge in [-0.15, -0.1) is 0 Å². The fraction of sp³-hybridized carbons (Fsp3) is 1.00. The number of hydrogen-bond donors (Lipinski definition) is 1. The summed E-state index contributed by atoms with van der Waals surface area (Å²) in [5.41, 5.74) is 0. The van der Waals surface area contributed by atoms with Crippen molar-refractivity contribution in [3.8, 4) is 0 Å². The lowest BCUT2D eigenvalue weighted by atomic mass is 9.79. The zero-order valence-corrected chi connectivity index (χ0v) is 11.6. The average molecular weight is 229 g/mol. The largest absolute Gasteiger partial charge is 0.310 e. The van der Waals surface area contributed by atoms with Crippen molar-refractivity contribution in [2.75, 3.05) is 12.0 Å². The first-order chi connectivity index (χ1) is 7.17. The molecule has 0 aromatic heterocycles. The third kappa shape index (κ3) is 4.36. The van der Waals surface area contributed by atoms with Crippen LogP contribution in [0.1, 0.15) is 46.5 Å². The SMILES string of the molecule is CCC(CSC)NC1CCC(C)CC1C. The van der Waals surface area contributed by atoms with Crippen molar-refractivity contribution in [2.45, 2.75) is 58.5 Å². The molecule has 1 N–H and O–H groups in total. The predicted molar refractivity (Wildman–Crippen MR) is 71.6 cm³/mol. The fourth-order valence-electron chi connectivity index (χ4n) is 2.70. The van der Waals surface area contributed by atoms with Gasteiger partial charge in [-0.2, -0.15) is 11.8 Å². The third-order valence-corrected chi connectivity index (χ3v) is 4.48. The van der Waals surface area contributed by atoms with Crippen molar-refractivity contribution in [2.24, 2.45) is 11.8 Å².